The fourth-order valence-corrected chi connectivity index (χ4v) is 0.663. The zero-order chi connectivity index (χ0) is 7.98. The molecule has 0 spiro atoms. The van der Waals surface area contributed by atoms with E-state index in [2.05, 4.69) is 0 Å². The van der Waals surface area contributed by atoms with E-state index in [1.165, 1.54) is 0 Å². The Hall–Kier alpha value is -0.370. The summed E-state index contributed by atoms with van der Waals surface area (Å²) in [4.78, 5) is 0. The molecule has 60 valence electrons. The van der Waals surface area contributed by atoms with Gasteiger partial charge in [-0.05, 0) is 13.3 Å². The van der Waals surface area contributed by atoms with Gasteiger partial charge in [-0.25, -0.2) is 4.39 Å². The lowest BCUT2D eigenvalue weighted by molar-refractivity contribution is 0.113. The van der Waals surface area contributed by atoms with Gasteiger partial charge in [0.1, 0.15) is 0 Å². The second kappa shape index (κ2) is 5.42. The van der Waals surface area contributed by atoms with Crippen LogP contribution in [0.15, 0.2) is 11.9 Å². The second-order valence-electron chi connectivity index (χ2n) is 2.31. The second-order valence-corrected chi connectivity index (χ2v) is 2.31. The molecule has 1 atom stereocenters. The summed E-state index contributed by atoms with van der Waals surface area (Å²) >= 11 is 0. The van der Waals surface area contributed by atoms with E-state index >= 15 is 0 Å². The molecule has 1 unspecified atom stereocenters. The van der Waals surface area contributed by atoms with Gasteiger partial charge in [-0.1, -0.05) is 13.0 Å². The average molecular weight is 146 g/mol. The first kappa shape index (κ1) is 9.63. The van der Waals surface area contributed by atoms with Crippen LogP contribution in [0, 0.1) is 0 Å². The Balaban J connectivity index is 3.56. The van der Waals surface area contributed by atoms with E-state index in [1.807, 2.05) is 13.8 Å². The highest BCUT2D eigenvalue weighted by Gasteiger charge is 2.01. The molecule has 1 nitrogen and oxygen atoms in total. The maximum absolute atomic E-state index is 12.6. The van der Waals surface area contributed by atoms with Crippen LogP contribution in [0.4, 0.5) is 4.39 Å². The van der Waals surface area contributed by atoms with E-state index in [9.17, 15) is 4.39 Å². The van der Waals surface area contributed by atoms with Crippen molar-refractivity contribution in [2.24, 2.45) is 0 Å². The molecule has 0 saturated heterocycles. The summed E-state index contributed by atoms with van der Waals surface area (Å²) in [7, 11) is 1.59. The first-order valence-corrected chi connectivity index (χ1v) is 3.58. The molecule has 0 rings (SSSR count). The van der Waals surface area contributed by atoms with Crippen LogP contribution in [0.25, 0.3) is 0 Å². The fourth-order valence-electron chi connectivity index (χ4n) is 0.663. The molecule has 0 aromatic rings. The van der Waals surface area contributed by atoms with Gasteiger partial charge in [-0.2, -0.15) is 0 Å². The molecule has 0 fully saturated rings. The lowest BCUT2D eigenvalue weighted by Crippen LogP contribution is -2.03. The van der Waals surface area contributed by atoms with Crippen LogP contribution < -0.4 is 0 Å². The summed E-state index contributed by atoms with van der Waals surface area (Å²) in [5.41, 5.74) is 0. The fraction of sp³-hybridized carbons (Fsp3) is 0.750. The van der Waals surface area contributed by atoms with Crippen LogP contribution in [0.3, 0.4) is 0 Å². The van der Waals surface area contributed by atoms with Crippen molar-refractivity contribution in [3.63, 3.8) is 0 Å². The number of rotatable bonds is 4. The van der Waals surface area contributed by atoms with Crippen molar-refractivity contribution in [3.8, 4) is 0 Å². The van der Waals surface area contributed by atoms with Crippen LogP contribution in [0.1, 0.15) is 26.7 Å². The van der Waals surface area contributed by atoms with Crippen LogP contribution in [0.5, 0.6) is 0 Å². The number of hydrogen-bond acceptors (Lipinski definition) is 1. The van der Waals surface area contributed by atoms with Crippen molar-refractivity contribution in [1.82, 2.24) is 0 Å². The Bertz CT molecular complexity index is 110. The largest absolute Gasteiger partial charge is 0.381 e. The lowest BCUT2D eigenvalue weighted by Gasteiger charge is -2.05. The van der Waals surface area contributed by atoms with E-state index in [1.54, 1.807) is 13.2 Å². The molecule has 2 heteroatoms. The molecule has 0 radical (unpaired) electrons. The molecule has 0 aliphatic carbocycles. The summed E-state index contributed by atoms with van der Waals surface area (Å²) < 4.78 is 17.5. The Morgan fingerprint density at radius 3 is 2.70 bits per heavy atom. The summed E-state index contributed by atoms with van der Waals surface area (Å²) in [6.45, 7) is 3.76. The minimum atomic E-state index is -0.0724. The predicted molar refractivity (Wildman–Crippen MR) is 40.6 cm³/mol. The average Bonchev–Trinajstić information content (AvgIpc) is 1.88. The third-order valence-electron chi connectivity index (χ3n) is 1.31. The molecule has 0 aliphatic rings. The highest BCUT2D eigenvalue weighted by molar-refractivity contribution is 4.92. The van der Waals surface area contributed by atoms with Gasteiger partial charge in [0.05, 0.1) is 11.9 Å². The molecular formula is C8H15FO. The van der Waals surface area contributed by atoms with Gasteiger partial charge in [-0.3, -0.25) is 0 Å². The summed E-state index contributed by atoms with van der Waals surface area (Å²) in [5, 5.41) is 0. The van der Waals surface area contributed by atoms with Gasteiger partial charge in [0, 0.05) is 13.5 Å². The van der Waals surface area contributed by atoms with Crippen molar-refractivity contribution in [2.75, 3.05) is 7.11 Å². The quantitative estimate of drug-likeness (QED) is 0.592. The van der Waals surface area contributed by atoms with Gasteiger partial charge in [0.2, 0.25) is 0 Å². The normalized spacial score (nSPS) is 15.4. The molecule has 10 heavy (non-hydrogen) atoms. The van der Waals surface area contributed by atoms with Crippen molar-refractivity contribution in [2.45, 2.75) is 32.8 Å². The predicted octanol–water partition coefficient (Wildman–Crippen LogP) is 2.67. The smallest absolute Gasteiger partial charge is 0.0985 e. The van der Waals surface area contributed by atoms with E-state index in [0.29, 0.717) is 6.42 Å². The van der Waals surface area contributed by atoms with Crippen LogP contribution in [-0.2, 0) is 4.74 Å². The van der Waals surface area contributed by atoms with Gasteiger partial charge >= 0.3 is 0 Å². The number of allylic oxidation sites excluding steroid dienone is 1. The van der Waals surface area contributed by atoms with E-state index in [0.717, 1.165) is 6.42 Å². The minimum Gasteiger partial charge on any atom is -0.381 e. The van der Waals surface area contributed by atoms with E-state index < -0.39 is 0 Å². The third kappa shape index (κ3) is 4.50. The molecule has 0 aliphatic heterocycles. The first-order chi connectivity index (χ1) is 4.70. The summed E-state index contributed by atoms with van der Waals surface area (Å²) in [6.07, 6.45) is 2.71. The zero-order valence-corrected chi connectivity index (χ0v) is 6.86. The van der Waals surface area contributed by atoms with Crippen LogP contribution in [0.2, 0.25) is 0 Å². The Kier molecular flexibility index (Phi) is 5.22. The molecule has 0 aromatic carbocycles. The first-order valence-electron chi connectivity index (χ1n) is 3.58. The van der Waals surface area contributed by atoms with Gasteiger partial charge in [0.25, 0.3) is 0 Å². The molecule has 0 aromatic heterocycles. The zero-order valence-electron chi connectivity index (χ0n) is 6.86. The van der Waals surface area contributed by atoms with Crippen LogP contribution >= 0.6 is 0 Å². The third-order valence-corrected chi connectivity index (χ3v) is 1.31. The summed E-state index contributed by atoms with van der Waals surface area (Å²) in [6, 6.07) is 0. The van der Waals surface area contributed by atoms with E-state index in [4.69, 9.17) is 4.74 Å². The maximum Gasteiger partial charge on any atom is 0.0985 e. The Morgan fingerprint density at radius 1 is 1.70 bits per heavy atom. The van der Waals surface area contributed by atoms with Crippen molar-refractivity contribution < 1.29 is 9.13 Å². The number of hydrogen-bond donors (Lipinski definition) is 0. The standard InChI is InChI=1S/C8H15FO/c1-4-5-8(9)6-7(2)10-3/h5,7H,4,6H2,1-3H3/b8-5+. The van der Waals surface area contributed by atoms with Gasteiger partial charge in [-0.15, -0.1) is 0 Å². The molecule has 0 N–H and O–H groups in total. The Labute approximate surface area is 61.9 Å². The van der Waals surface area contributed by atoms with Crippen molar-refractivity contribution in [3.05, 3.63) is 11.9 Å². The summed E-state index contributed by atoms with van der Waals surface area (Å²) in [5.74, 6) is -0.0724. The minimum absolute atomic E-state index is 0.0113. The van der Waals surface area contributed by atoms with Gasteiger partial charge < -0.3 is 4.74 Å². The van der Waals surface area contributed by atoms with Crippen molar-refractivity contribution >= 4 is 0 Å². The number of methoxy groups -OCH3 is 1. The SMILES string of the molecule is CC/C=C(/F)CC(C)OC. The number of ether oxygens (including phenoxy) is 1. The highest BCUT2D eigenvalue weighted by Crippen LogP contribution is 2.09. The van der Waals surface area contributed by atoms with Crippen LogP contribution in [-0.4, -0.2) is 13.2 Å². The topological polar surface area (TPSA) is 9.23 Å². The molecule has 0 amide bonds. The lowest BCUT2D eigenvalue weighted by atomic mass is 10.2. The van der Waals surface area contributed by atoms with Crippen molar-refractivity contribution in [1.29, 1.82) is 0 Å². The highest BCUT2D eigenvalue weighted by atomic mass is 19.1. The Morgan fingerprint density at radius 2 is 2.30 bits per heavy atom. The molecule has 0 heterocycles. The maximum atomic E-state index is 12.6. The monoisotopic (exact) mass is 146 g/mol. The van der Waals surface area contributed by atoms with Gasteiger partial charge in [0.15, 0.2) is 0 Å². The molecular weight excluding hydrogens is 131 g/mol. The molecule has 0 saturated carbocycles. The number of halogens is 1. The molecule has 0 bridgehead atoms. The van der Waals surface area contributed by atoms with E-state index in [-0.39, 0.29) is 11.9 Å².